The number of hydrogen-bond acceptors (Lipinski definition) is 3. The van der Waals surface area contributed by atoms with E-state index in [1.807, 2.05) is 18.2 Å². The monoisotopic (exact) mass is 349 g/mol. The third-order valence-electron chi connectivity index (χ3n) is 3.66. The lowest BCUT2D eigenvalue weighted by Crippen LogP contribution is -2.16. The zero-order chi connectivity index (χ0) is 15.6. The smallest absolute Gasteiger partial charge is 0.127 e. The number of hydrogen-bond donors (Lipinski definition) is 1. The molecule has 0 saturated heterocycles. The molecule has 2 N–H and O–H groups in total. The molecule has 0 saturated carbocycles. The Hall–Kier alpha value is -1.52. The van der Waals surface area contributed by atoms with E-state index < -0.39 is 0 Å². The van der Waals surface area contributed by atoms with Gasteiger partial charge in [0.2, 0.25) is 0 Å². The SMILES string of the molecule is COc1cccc(OC)c1C(N)c1cc(C)c(Br)cc1C. The zero-order valence-corrected chi connectivity index (χ0v) is 14.3. The van der Waals surface area contributed by atoms with Crippen LogP contribution in [-0.2, 0) is 0 Å². The van der Waals surface area contributed by atoms with Gasteiger partial charge in [0, 0.05) is 4.47 Å². The first-order valence-electron chi connectivity index (χ1n) is 6.72. The fourth-order valence-corrected chi connectivity index (χ4v) is 2.94. The van der Waals surface area contributed by atoms with Crippen LogP contribution in [0, 0.1) is 13.8 Å². The van der Waals surface area contributed by atoms with Crippen LogP contribution in [-0.4, -0.2) is 14.2 Å². The Morgan fingerprint density at radius 1 is 1.00 bits per heavy atom. The first-order valence-corrected chi connectivity index (χ1v) is 7.52. The van der Waals surface area contributed by atoms with Crippen LogP contribution in [0.25, 0.3) is 0 Å². The standard InChI is InChI=1S/C17H20BrNO2/c1-10-9-13(18)11(2)8-12(10)17(19)16-14(20-3)6-5-7-15(16)21-4/h5-9,17H,19H2,1-4H3. The summed E-state index contributed by atoms with van der Waals surface area (Å²) < 4.78 is 12.0. The molecule has 0 spiro atoms. The van der Waals surface area contributed by atoms with Crippen LogP contribution in [0.3, 0.4) is 0 Å². The molecule has 0 radical (unpaired) electrons. The van der Waals surface area contributed by atoms with Crippen LogP contribution in [0.15, 0.2) is 34.8 Å². The highest BCUT2D eigenvalue weighted by molar-refractivity contribution is 9.10. The van der Waals surface area contributed by atoms with E-state index in [0.29, 0.717) is 0 Å². The first kappa shape index (κ1) is 15.9. The molecule has 0 aliphatic carbocycles. The van der Waals surface area contributed by atoms with Gasteiger partial charge in [0.05, 0.1) is 25.8 Å². The number of nitrogens with two attached hydrogens (primary N) is 1. The molecule has 4 heteroatoms. The van der Waals surface area contributed by atoms with E-state index in [9.17, 15) is 0 Å². The third kappa shape index (κ3) is 3.06. The molecule has 0 aromatic heterocycles. The Balaban J connectivity index is 2.59. The lowest BCUT2D eigenvalue weighted by Gasteiger charge is -2.21. The highest BCUT2D eigenvalue weighted by atomic mass is 79.9. The largest absolute Gasteiger partial charge is 0.496 e. The molecule has 0 aliphatic heterocycles. The normalized spacial score (nSPS) is 12.1. The van der Waals surface area contributed by atoms with E-state index in [4.69, 9.17) is 15.2 Å². The quantitative estimate of drug-likeness (QED) is 0.902. The van der Waals surface area contributed by atoms with Crippen LogP contribution in [0.2, 0.25) is 0 Å². The summed E-state index contributed by atoms with van der Waals surface area (Å²) >= 11 is 3.55. The van der Waals surface area contributed by atoms with Gasteiger partial charge in [0.25, 0.3) is 0 Å². The molecule has 3 nitrogen and oxygen atoms in total. The Bertz CT molecular complexity index is 633. The number of ether oxygens (including phenoxy) is 2. The van der Waals surface area contributed by atoms with Crippen molar-refractivity contribution < 1.29 is 9.47 Å². The number of methoxy groups -OCH3 is 2. The van der Waals surface area contributed by atoms with Crippen LogP contribution >= 0.6 is 15.9 Å². The van der Waals surface area contributed by atoms with Gasteiger partial charge in [-0.2, -0.15) is 0 Å². The van der Waals surface area contributed by atoms with Crippen LogP contribution in [0.5, 0.6) is 11.5 Å². The molecular weight excluding hydrogens is 330 g/mol. The molecule has 21 heavy (non-hydrogen) atoms. The maximum absolute atomic E-state index is 6.51. The number of aryl methyl sites for hydroxylation is 2. The van der Waals surface area contributed by atoms with Crippen molar-refractivity contribution in [3.8, 4) is 11.5 Å². The summed E-state index contributed by atoms with van der Waals surface area (Å²) in [6.45, 7) is 4.11. The van der Waals surface area contributed by atoms with Crippen molar-refractivity contribution in [3.05, 3.63) is 57.1 Å². The maximum Gasteiger partial charge on any atom is 0.127 e. The molecule has 2 aromatic rings. The van der Waals surface area contributed by atoms with Gasteiger partial charge in [-0.05, 0) is 48.7 Å². The van der Waals surface area contributed by atoms with Crippen molar-refractivity contribution in [1.82, 2.24) is 0 Å². The van der Waals surface area contributed by atoms with E-state index in [-0.39, 0.29) is 6.04 Å². The van der Waals surface area contributed by atoms with Crippen LogP contribution in [0.4, 0.5) is 0 Å². The summed E-state index contributed by atoms with van der Waals surface area (Å²) in [5.74, 6) is 1.48. The van der Waals surface area contributed by atoms with E-state index >= 15 is 0 Å². The molecule has 0 bridgehead atoms. The minimum Gasteiger partial charge on any atom is -0.496 e. The first-order chi connectivity index (χ1) is 9.99. The second kappa shape index (κ2) is 6.50. The van der Waals surface area contributed by atoms with Crippen molar-refractivity contribution >= 4 is 15.9 Å². The summed E-state index contributed by atoms with van der Waals surface area (Å²) in [6, 6.07) is 9.59. The summed E-state index contributed by atoms with van der Waals surface area (Å²) in [4.78, 5) is 0. The van der Waals surface area contributed by atoms with Gasteiger partial charge >= 0.3 is 0 Å². The van der Waals surface area contributed by atoms with E-state index in [1.54, 1.807) is 14.2 Å². The average Bonchev–Trinajstić information content (AvgIpc) is 2.49. The summed E-state index contributed by atoms with van der Waals surface area (Å²) in [5.41, 5.74) is 10.7. The lowest BCUT2D eigenvalue weighted by molar-refractivity contribution is 0.382. The molecule has 0 heterocycles. The predicted molar refractivity (Wildman–Crippen MR) is 89.2 cm³/mol. The van der Waals surface area contributed by atoms with E-state index in [2.05, 4.69) is 41.9 Å². The molecule has 1 unspecified atom stereocenters. The van der Waals surface area contributed by atoms with Gasteiger partial charge in [0.1, 0.15) is 11.5 Å². The summed E-state index contributed by atoms with van der Waals surface area (Å²) in [5, 5.41) is 0. The fourth-order valence-electron chi connectivity index (χ4n) is 2.48. The van der Waals surface area contributed by atoms with E-state index in [0.717, 1.165) is 38.2 Å². The van der Waals surface area contributed by atoms with Gasteiger partial charge in [-0.25, -0.2) is 0 Å². The second-order valence-electron chi connectivity index (χ2n) is 5.01. The summed E-state index contributed by atoms with van der Waals surface area (Å²) in [6.07, 6.45) is 0. The molecule has 0 amide bonds. The Kier molecular flexibility index (Phi) is 4.91. The van der Waals surface area contributed by atoms with Crippen LogP contribution < -0.4 is 15.2 Å². The molecule has 0 fully saturated rings. The number of rotatable bonds is 4. The molecule has 2 aromatic carbocycles. The Morgan fingerprint density at radius 3 is 2.10 bits per heavy atom. The number of benzene rings is 2. The average molecular weight is 350 g/mol. The van der Waals surface area contributed by atoms with Gasteiger partial charge in [0.15, 0.2) is 0 Å². The second-order valence-corrected chi connectivity index (χ2v) is 5.87. The molecule has 112 valence electrons. The highest BCUT2D eigenvalue weighted by Crippen LogP contribution is 2.37. The van der Waals surface area contributed by atoms with Gasteiger partial charge < -0.3 is 15.2 Å². The fraction of sp³-hybridized carbons (Fsp3) is 0.294. The number of halogens is 1. The molecule has 1 atom stereocenters. The minimum atomic E-state index is -0.303. The Morgan fingerprint density at radius 2 is 1.57 bits per heavy atom. The maximum atomic E-state index is 6.51. The van der Waals surface area contributed by atoms with Crippen molar-refractivity contribution in [2.75, 3.05) is 14.2 Å². The zero-order valence-electron chi connectivity index (χ0n) is 12.7. The lowest BCUT2D eigenvalue weighted by atomic mass is 9.93. The molecular formula is C17H20BrNO2. The van der Waals surface area contributed by atoms with Gasteiger partial charge in [-0.15, -0.1) is 0 Å². The predicted octanol–water partition coefficient (Wildman–Crippen LogP) is 4.13. The Labute approximate surface area is 134 Å². The topological polar surface area (TPSA) is 44.5 Å². The van der Waals surface area contributed by atoms with Crippen molar-refractivity contribution in [3.63, 3.8) is 0 Å². The van der Waals surface area contributed by atoms with Crippen molar-refractivity contribution in [2.24, 2.45) is 5.73 Å². The summed E-state index contributed by atoms with van der Waals surface area (Å²) in [7, 11) is 3.29. The molecule has 0 aliphatic rings. The minimum absolute atomic E-state index is 0.303. The van der Waals surface area contributed by atoms with Crippen LogP contribution in [0.1, 0.15) is 28.3 Å². The third-order valence-corrected chi connectivity index (χ3v) is 4.51. The molecule has 2 rings (SSSR count). The van der Waals surface area contributed by atoms with Gasteiger partial charge in [-0.3, -0.25) is 0 Å². The van der Waals surface area contributed by atoms with E-state index in [1.165, 1.54) is 0 Å². The van der Waals surface area contributed by atoms with Crippen molar-refractivity contribution in [2.45, 2.75) is 19.9 Å². The highest BCUT2D eigenvalue weighted by Gasteiger charge is 2.21. The van der Waals surface area contributed by atoms with Crippen molar-refractivity contribution in [1.29, 1.82) is 0 Å². The van der Waals surface area contributed by atoms with Gasteiger partial charge in [-0.1, -0.05) is 28.1 Å².